The summed E-state index contributed by atoms with van der Waals surface area (Å²) in [7, 11) is 0. The van der Waals surface area contributed by atoms with E-state index in [0.29, 0.717) is 42.0 Å². The van der Waals surface area contributed by atoms with Crippen LogP contribution in [0.5, 0.6) is 5.75 Å². The maximum absolute atomic E-state index is 13.1. The van der Waals surface area contributed by atoms with Gasteiger partial charge in [-0.1, -0.05) is 18.2 Å². The van der Waals surface area contributed by atoms with Crippen molar-refractivity contribution in [3.05, 3.63) is 69.9 Å². The number of carbonyl (C=O) groups is 1. The van der Waals surface area contributed by atoms with Gasteiger partial charge in [-0.15, -0.1) is 4.57 Å². The number of fused-ring (bicyclic) bond motifs is 3. The maximum atomic E-state index is 13.1. The Hall–Kier alpha value is -3.92. The summed E-state index contributed by atoms with van der Waals surface area (Å²) in [6, 6.07) is 10.8. The molecule has 0 bridgehead atoms. The van der Waals surface area contributed by atoms with E-state index >= 15 is 0 Å². The van der Waals surface area contributed by atoms with Gasteiger partial charge in [0.05, 0.1) is 12.0 Å². The van der Waals surface area contributed by atoms with E-state index in [1.165, 1.54) is 24.3 Å². The lowest BCUT2D eigenvalue weighted by molar-refractivity contribution is 0.0942. The SMILES string of the molecule is CCOCCNc1cccc2on3c(=O)c(O)c(C(=O)NCc4ccc(F)cc4)nc3c12. The van der Waals surface area contributed by atoms with Gasteiger partial charge in [0, 0.05) is 25.4 Å². The summed E-state index contributed by atoms with van der Waals surface area (Å²) in [6.45, 7) is 3.55. The number of aromatic nitrogens is 2. The van der Waals surface area contributed by atoms with Crippen LogP contribution in [0, 0.1) is 5.82 Å². The van der Waals surface area contributed by atoms with E-state index in [4.69, 9.17) is 9.26 Å². The molecule has 4 aromatic rings. The number of nitrogens with zero attached hydrogens (tertiary/aromatic N) is 2. The number of anilines is 1. The van der Waals surface area contributed by atoms with Crippen LogP contribution in [0.1, 0.15) is 23.0 Å². The number of halogens is 1. The average Bonchev–Trinajstić information content (AvgIpc) is 3.18. The fourth-order valence-corrected chi connectivity index (χ4v) is 3.25. The molecule has 0 aliphatic carbocycles. The number of nitrogens with one attached hydrogen (secondary N) is 2. The summed E-state index contributed by atoms with van der Waals surface area (Å²) in [5.41, 5.74) is 0.408. The van der Waals surface area contributed by atoms with E-state index in [-0.39, 0.29) is 12.2 Å². The van der Waals surface area contributed by atoms with Crippen molar-refractivity contribution >= 4 is 28.2 Å². The molecule has 9 nitrogen and oxygen atoms in total. The molecular weight excluding hydrogens is 419 g/mol. The first-order chi connectivity index (χ1) is 15.5. The summed E-state index contributed by atoms with van der Waals surface area (Å²) >= 11 is 0. The summed E-state index contributed by atoms with van der Waals surface area (Å²) in [4.78, 5) is 29.6. The van der Waals surface area contributed by atoms with Crippen molar-refractivity contribution in [2.45, 2.75) is 13.5 Å². The number of rotatable bonds is 8. The van der Waals surface area contributed by atoms with Gasteiger partial charge in [-0.25, -0.2) is 9.37 Å². The minimum atomic E-state index is -0.904. The molecule has 2 aromatic heterocycles. The third kappa shape index (κ3) is 4.12. The van der Waals surface area contributed by atoms with Crippen molar-refractivity contribution in [2.24, 2.45) is 0 Å². The number of benzene rings is 2. The monoisotopic (exact) mass is 440 g/mol. The molecule has 0 atom stereocenters. The van der Waals surface area contributed by atoms with E-state index in [9.17, 15) is 19.1 Å². The van der Waals surface area contributed by atoms with Crippen molar-refractivity contribution in [1.29, 1.82) is 0 Å². The Balaban J connectivity index is 1.69. The van der Waals surface area contributed by atoms with Gasteiger partial charge in [-0.05, 0) is 36.8 Å². The average molecular weight is 440 g/mol. The van der Waals surface area contributed by atoms with Crippen LogP contribution < -0.4 is 16.2 Å². The van der Waals surface area contributed by atoms with Crippen molar-refractivity contribution in [3.8, 4) is 5.75 Å². The molecule has 2 heterocycles. The summed E-state index contributed by atoms with van der Waals surface area (Å²) in [5, 5.41) is 16.6. The highest BCUT2D eigenvalue weighted by Crippen LogP contribution is 2.29. The van der Waals surface area contributed by atoms with Gasteiger partial charge in [-0.3, -0.25) is 9.59 Å². The quantitative estimate of drug-likeness (QED) is 0.361. The van der Waals surface area contributed by atoms with Gasteiger partial charge in [-0.2, -0.15) is 0 Å². The molecule has 10 heteroatoms. The zero-order chi connectivity index (χ0) is 22.7. The van der Waals surface area contributed by atoms with E-state index < -0.39 is 28.7 Å². The Kier molecular flexibility index (Phi) is 6.04. The minimum absolute atomic E-state index is 0.0654. The van der Waals surface area contributed by atoms with Gasteiger partial charge in [0.1, 0.15) is 5.82 Å². The molecule has 1 amide bonds. The second-order valence-electron chi connectivity index (χ2n) is 6.93. The molecule has 0 spiro atoms. The molecule has 166 valence electrons. The van der Waals surface area contributed by atoms with Crippen molar-refractivity contribution < 1.29 is 23.6 Å². The highest BCUT2D eigenvalue weighted by molar-refractivity contribution is 6.02. The highest BCUT2D eigenvalue weighted by Gasteiger charge is 2.23. The Morgan fingerprint density at radius 2 is 2.03 bits per heavy atom. The first-order valence-corrected chi connectivity index (χ1v) is 10.0. The molecule has 3 N–H and O–H groups in total. The molecule has 0 fully saturated rings. The van der Waals surface area contributed by atoms with Crippen LogP contribution in [0.3, 0.4) is 0 Å². The van der Waals surface area contributed by atoms with Gasteiger partial charge in [0.25, 0.3) is 5.91 Å². The smallest absolute Gasteiger partial charge is 0.330 e. The standard InChI is InChI=1S/C22H21FN4O5/c1-2-31-11-10-24-15-4-3-5-16-17(15)20-26-18(19(28)22(30)27(20)32-16)21(29)25-12-13-6-8-14(23)9-7-13/h3-9,24,28H,2,10-12H2,1H3,(H,25,29). The third-order valence-electron chi connectivity index (χ3n) is 4.81. The molecule has 2 aromatic carbocycles. The molecule has 0 aliphatic rings. The van der Waals surface area contributed by atoms with E-state index in [2.05, 4.69) is 15.6 Å². The van der Waals surface area contributed by atoms with Crippen LogP contribution in [-0.4, -0.2) is 40.3 Å². The first kappa shape index (κ1) is 21.3. The van der Waals surface area contributed by atoms with E-state index in [1.807, 2.05) is 6.92 Å². The molecular formula is C22H21FN4O5. The Bertz CT molecular complexity index is 1330. The Morgan fingerprint density at radius 3 is 2.78 bits per heavy atom. The first-order valence-electron chi connectivity index (χ1n) is 10.0. The summed E-state index contributed by atoms with van der Waals surface area (Å²) in [5.74, 6) is -1.97. The molecule has 0 saturated heterocycles. The van der Waals surface area contributed by atoms with Gasteiger partial charge in [0.2, 0.25) is 5.75 Å². The number of ether oxygens (including phenoxy) is 1. The maximum Gasteiger partial charge on any atom is 0.330 e. The van der Waals surface area contributed by atoms with Gasteiger partial charge in [0.15, 0.2) is 16.9 Å². The topological polar surface area (TPSA) is 118 Å². The predicted molar refractivity (Wildman–Crippen MR) is 115 cm³/mol. The lowest BCUT2D eigenvalue weighted by Gasteiger charge is -2.08. The lowest BCUT2D eigenvalue weighted by atomic mass is 10.2. The number of aromatic hydroxyl groups is 1. The summed E-state index contributed by atoms with van der Waals surface area (Å²) in [6.07, 6.45) is 0. The molecule has 4 rings (SSSR count). The second kappa shape index (κ2) is 9.06. The normalized spacial score (nSPS) is 11.2. The molecule has 0 radical (unpaired) electrons. The fourth-order valence-electron chi connectivity index (χ4n) is 3.25. The second-order valence-corrected chi connectivity index (χ2v) is 6.93. The highest BCUT2D eigenvalue weighted by atomic mass is 19.1. The lowest BCUT2D eigenvalue weighted by Crippen LogP contribution is -2.27. The molecule has 0 aliphatic heterocycles. The zero-order valence-corrected chi connectivity index (χ0v) is 17.2. The van der Waals surface area contributed by atoms with E-state index in [1.54, 1.807) is 18.2 Å². The number of hydrogen-bond acceptors (Lipinski definition) is 7. The Morgan fingerprint density at radius 1 is 1.25 bits per heavy atom. The van der Waals surface area contributed by atoms with Crippen molar-refractivity contribution in [3.63, 3.8) is 0 Å². The van der Waals surface area contributed by atoms with Gasteiger partial charge >= 0.3 is 5.56 Å². The van der Waals surface area contributed by atoms with Gasteiger partial charge < -0.3 is 25.0 Å². The Labute approximate surface area is 181 Å². The van der Waals surface area contributed by atoms with Crippen LogP contribution in [0.4, 0.5) is 10.1 Å². The minimum Gasteiger partial charge on any atom is -0.501 e. The molecule has 32 heavy (non-hydrogen) atoms. The summed E-state index contributed by atoms with van der Waals surface area (Å²) < 4.78 is 24.8. The molecule has 0 saturated carbocycles. The number of hydrogen-bond donors (Lipinski definition) is 3. The predicted octanol–water partition coefficient (Wildman–Crippen LogP) is 2.66. The number of amides is 1. The van der Waals surface area contributed by atoms with E-state index in [0.717, 1.165) is 4.57 Å². The van der Waals surface area contributed by atoms with Crippen LogP contribution in [0.25, 0.3) is 16.6 Å². The third-order valence-corrected chi connectivity index (χ3v) is 4.81. The molecule has 0 unspecified atom stereocenters. The fraction of sp³-hybridized carbons (Fsp3) is 0.227. The van der Waals surface area contributed by atoms with Crippen LogP contribution in [0.2, 0.25) is 0 Å². The van der Waals surface area contributed by atoms with Crippen LogP contribution in [0.15, 0.2) is 51.8 Å². The number of carbonyl (C=O) groups excluding carboxylic acids is 1. The largest absolute Gasteiger partial charge is 0.501 e. The van der Waals surface area contributed by atoms with Crippen molar-refractivity contribution in [1.82, 2.24) is 14.9 Å². The van der Waals surface area contributed by atoms with Crippen LogP contribution >= 0.6 is 0 Å². The zero-order valence-electron chi connectivity index (χ0n) is 17.2. The van der Waals surface area contributed by atoms with Crippen molar-refractivity contribution in [2.75, 3.05) is 25.1 Å². The van der Waals surface area contributed by atoms with Crippen LogP contribution in [-0.2, 0) is 11.3 Å².